The second kappa shape index (κ2) is 4.99. The number of hydrogen-bond donors (Lipinski definition) is 0. The maximum atomic E-state index is 4.63. The first kappa shape index (κ1) is 12.7. The molecule has 1 heterocycles. The Morgan fingerprint density at radius 3 is 2.68 bits per heavy atom. The van der Waals surface area contributed by atoms with Crippen LogP contribution in [-0.4, -0.2) is 9.55 Å². The minimum absolute atomic E-state index is 0.658. The molecule has 1 aliphatic rings. The quantitative estimate of drug-likeness (QED) is 0.755. The topological polar surface area (TPSA) is 17.8 Å². The number of hydrogen-bond acceptors (Lipinski definition) is 1. The molecule has 2 aromatic rings. The van der Waals surface area contributed by atoms with Crippen LogP contribution in [0.25, 0.3) is 11.0 Å². The van der Waals surface area contributed by atoms with Crippen molar-refractivity contribution in [1.29, 1.82) is 0 Å². The van der Waals surface area contributed by atoms with Crippen molar-refractivity contribution < 1.29 is 0 Å². The molecular weight excluding hydrogens is 232 g/mol. The summed E-state index contributed by atoms with van der Waals surface area (Å²) in [6, 6.07) is 5.20. The maximum Gasteiger partial charge on any atom is 0.0961 e. The van der Waals surface area contributed by atoms with Gasteiger partial charge in [-0.15, -0.1) is 0 Å². The first-order valence-electron chi connectivity index (χ1n) is 7.64. The zero-order valence-electron chi connectivity index (χ0n) is 12.3. The van der Waals surface area contributed by atoms with Crippen LogP contribution in [-0.2, 0) is 0 Å². The number of rotatable bonds is 2. The summed E-state index contributed by atoms with van der Waals surface area (Å²) in [5, 5.41) is 0. The molecule has 0 bridgehead atoms. The first-order valence-corrected chi connectivity index (χ1v) is 7.64. The van der Waals surface area contributed by atoms with Gasteiger partial charge in [0.05, 0.1) is 17.4 Å². The average Bonchev–Trinajstić information content (AvgIpc) is 2.82. The molecule has 1 aromatic heterocycles. The van der Waals surface area contributed by atoms with E-state index in [-0.39, 0.29) is 0 Å². The van der Waals surface area contributed by atoms with Crippen LogP contribution in [0.5, 0.6) is 0 Å². The fourth-order valence-corrected chi connectivity index (χ4v) is 3.58. The normalized spacial score (nSPS) is 23.9. The van der Waals surface area contributed by atoms with Crippen molar-refractivity contribution in [1.82, 2.24) is 9.55 Å². The van der Waals surface area contributed by atoms with E-state index in [1.54, 1.807) is 0 Å². The highest BCUT2D eigenvalue weighted by atomic mass is 15.1. The predicted molar refractivity (Wildman–Crippen MR) is 80.5 cm³/mol. The van der Waals surface area contributed by atoms with E-state index >= 15 is 0 Å². The van der Waals surface area contributed by atoms with Crippen LogP contribution in [0, 0.1) is 19.8 Å². The Kier molecular flexibility index (Phi) is 3.34. The molecule has 102 valence electrons. The Balaban J connectivity index is 2.06. The lowest BCUT2D eigenvalue weighted by Gasteiger charge is -2.32. The van der Waals surface area contributed by atoms with Crippen LogP contribution in [0.3, 0.4) is 0 Å². The molecular formula is C17H24N2. The van der Waals surface area contributed by atoms with Crippen LogP contribution >= 0.6 is 0 Å². The smallest absolute Gasteiger partial charge is 0.0961 e. The lowest BCUT2D eigenvalue weighted by molar-refractivity contribution is 0.237. The molecule has 1 aliphatic carbocycles. The van der Waals surface area contributed by atoms with Gasteiger partial charge in [0.1, 0.15) is 0 Å². The molecule has 19 heavy (non-hydrogen) atoms. The summed E-state index contributed by atoms with van der Waals surface area (Å²) in [6.07, 6.45) is 8.82. The van der Waals surface area contributed by atoms with E-state index in [1.807, 2.05) is 0 Å². The van der Waals surface area contributed by atoms with Crippen molar-refractivity contribution in [3.8, 4) is 0 Å². The summed E-state index contributed by atoms with van der Waals surface area (Å²) in [4.78, 5) is 4.63. The molecule has 0 saturated heterocycles. The third-order valence-corrected chi connectivity index (χ3v) is 4.94. The van der Waals surface area contributed by atoms with Crippen molar-refractivity contribution in [2.45, 2.75) is 58.9 Å². The average molecular weight is 256 g/mol. The zero-order valence-corrected chi connectivity index (χ0v) is 12.3. The molecule has 1 aromatic carbocycles. The van der Waals surface area contributed by atoms with Crippen LogP contribution < -0.4 is 0 Å². The van der Waals surface area contributed by atoms with Gasteiger partial charge in [-0.2, -0.15) is 0 Å². The van der Waals surface area contributed by atoms with Gasteiger partial charge in [-0.1, -0.05) is 26.2 Å². The van der Waals surface area contributed by atoms with Crippen molar-refractivity contribution >= 4 is 11.0 Å². The van der Waals surface area contributed by atoms with E-state index in [0.29, 0.717) is 6.04 Å². The van der Waals surface area contributed by atoms with Gasteiger partial charge in [0, 0.05) is 6.04 Å². The summed E-state index contributed by atoms with van der Waals surface area (Å²) in [7, 11) is 0. The number of benzene rings is 1. The molecule has 2 unspecified atom stereocenters. The standard InChI is InChI=1S/C17H24N2/c1-4-14-7-5-6-8-16(14)19-11-18-15-9-12(2)13(3)10-17(15)19/h9-11,14,16H,4-8H2,1-3H3. The first-order chi connectivity index (χ1) is 9.20. The highest BCUT2D eigenvalue weighted by Crippen LogP contribution is 2.37. The van der Waals surface area contributed by atoms with Crippen LogP contribution in [0.15, 0.2) is 18.5 Å². The summed E-state index contributed by atoms with van der Waals surface area (Å²) >= 11 is 0. The fraction of sp³-hybridized carbons (Fsp3) is 0.588. The van der Waals surface area contributed by atoms with E-state index in [4.69, 9.17) is 0 Å². The molecule has 1 fully saturated rings. The van der Waals surface area contributed by atoms with Crippen molar-refractivity contribution in [3.05, 3.63) is 29.6 Å². The second-order valence-electron chi connectivity index (χ2n) is 6.10. The molecule has 0 aliphatic heterocycles. The molecule has 2 nitrogen and oxygen atoms in total. The third kappa shape index (κ3) is 2.18. The number of imidazole rings is 1. The molecule has 0 radical (unpaired) electrons. The predicted octanol–water partition coefficient (Wildman–Crippen LogP) is 4.79. The van der Waals surface area contributed by atoms with Gasteiger partial charge >= 0.3 is 0 Å². The fourth-order valence-electron chi connectivity index (χ4n) is 3.58. The molecule has 1 saturated carbocycles. The Bertz CT molecular complexity index is 582. The lowest BCUT2D eigenvalue weighted by atomic mass is 9.82. The van der Waals surface area contributed by atoms with Gasteiger partial charge in [0.15, 0.2) is 0 Å². The number of fused-ring (bicyclic) bond motifs is 1. The summed E-state index contributed by atoms with van der Waals surface area (Å²) in [6.45, 7) is 6.70. The van der Waals surface area contributed by atoms with E-state index < -0.39 is 0 Å². The molecule has 2 heteroatoms. The molecule has 3 rings (SSSR count). The van der Waals surface area contributed by atoms with Crippen molar-refractivity contribution in [3.63, 3.8) is 0 Å². The zero-order chi connectivity index (χ0) is 13.4. The van der Waals surface area contributed by atoms with E-state index in [2.05, 4.69) is 48.8 Å². The summed E-state index contributed by atoms with van der Waals surface area (Å²) < 4.78 is 2.45. The highest BCUT2D eigenvalue weighted by molar-refractivity contribution is 5.77. The summed E-state index contributed by atoms with van der Waals surface area (Å²) in [5.74, 6) is 0.827. The van der Waals surface area contributed by atoms with E-state index in [1.165, 1.54) is 48.7 Å². The number of nitrogens with zero attached hydrogens (tertiary/aromatic N) is 2. The van der Waals surface area contributed by atoms with Crippen molar-refractivity contribution in [2.75, 3.05) is 0 Å². The monoisotopic (exact) mass is 256 g/mol. The second-order valence-corrected chi connectivity index (χ2v) is 6.10. The molecule has 0 N–H and O–H groups in total. The third-order valence-electron chi connectivity index (χ3n) is 4.94. The lowest BCUT2D eigenvalue weighted by Crippen LogP contribution is -2.22. The minimum Gasteiger partial charge on any atom is -0.327 e. The van der Waals surface area contributed by atoms with Crippen LogP contribution in [0.1, 0.15) is 56.2 Å². The van der Waals surface area contributed by atoms with Crippen LogP contribution in [0.2, 0.25) is 0 Å². The molecule has 0 amide bonds. The van der Waals surface area contributed by atoms with Crippen LogP contribution in [0.4, 0.5) is 0 Å². The number of aryl methyl sites for hydroxylation is 2. The van der Waals surface area contributed by atoms with Crippen molar-refractivity contribution in [2.24, 2.45) is 5.92 Å². The Morgan fingerprint density at radius 1 is 1.16 bits per heavy atom. The number of aromatic nitrogens is 2. The maximum absolute atomic E-state index is 4.63. The molecule has 2 atom stereocenters. The summed E-state index contributed by atoms with van der Waals surface area (Å²) in [5.41, 5.74) is 5.20. The Hall–Kier alpha value is -1.31. The van der Waals surface area contributed by atoms with E-state index in [9.17, 15) is 0 Å². The Labute approximate surface area is 115 Å². The van der Waals surface area contributed by atoms with Gasteiger partial charge in [0.2, 0.25) is 0 Å². The van der Waals surface area contributed by atoms with E-state index in [0.717, 1.165) is 11.4 Å². The minimum atomic E-state index is 0.658. The highest BCUT2D eigenvalue weighted by Gasteiger charge is 2.26. The molecule has 0 spiro atoms. The largest absolute Gasteiger partial charge is 0.327 e. The van der Waals surface area contributed by atoms with Gasteiger partial charge in [0.25, 0.3) is 0 Å². The Morgan fingerprint density at radius 2 is 1.89 bits per heavy atom. The van der Waals surface area contributed by atoms with Gasteiger partial charge in [-0.05, 0) is 55.9 Å². The SMILES string of the molecule is CCC1CCCCC1n1cnc2cc(C)c(C)cc21. The van der Waals surface area contributed by atoms with Gasteiger partial charge < -0.3 is 4.57 Å². The van der Waals surface area contributed by atoms with Gasteiger partial charge in [-0.3, -0.25) is 0 Å². The van der Waals surface area contributed by atoms with Gasteiger partial charge in [-0.25, -0.2) is 4.98 Å².